The Morgan fingerprint density at radius 1 is 1.35 bits per heavy atom. The van der Waals surface area contributed by atoms with Crippen LogP contribution in [0.25, 0.3) is 0 Å². The maximum absolute atomic E-state index is 10.9. The average molecular weight is 335 g/mol. The van der Waals surface area contributed by atoms with Crippen LogP contribution in [-0.2, 0) is 13.0 Å². The molecule has 104 valence electrons. The molecular formula is C15H15BrN2O2. The third kappa shape index (κ3) is 3.57. The molecule has 1 heterocycles. The summed E-state index contributed by atoms with van der Waals surface area (Å²) in [6.07, 6.45) is 0.921. The highest BCUT2D eigenvalue weighted by Gasteiger charge is 2.06. The van der Waals surface area contributed by atoms with E-state index in [0.29, 0.717) is 12.2 Å². The molecule has 20 heavy (non-hydrogen) atoms. The molecule has 0 amide bonds. The molecule has 2 N–H and O–H groups in total. The highest BCUT2D eigenvalue weighted by molar-refractivity contribution is 9.10. The Morgan fingerprint density at radius 2 is 2.15 bits per heavy atom. The summed E-state index contributed by atoms with van der Waals surface area (Å²) in [7, 11) is 0. The van der Waals surface area contributed by atoms with Gasteiger partial charge in [0.1, 0.15) is 5.69 Å². The maximum Gasteiger partial charge on any atom is 0.354 e. The number of nitrogens with zero attached hydrogens (tertiary/aromatic N) is 1. The molecule has 0 saturated heterocycles. The van der Waals surface area contributed by atoms with E-state index in [1.165, 1.54) is 11.6 Å². The molecule has 2 rings (SSSR count). The van der Waals surface area contributed by atoms with Crippen LogP contribution < -0.4 is 5.32 Å². The Morgan fingerprint density at radius 3 is 2.85 bits per heavy atom. The van der Waals surface area contributed by atoms with E-state index in [0.717, 1.165) is 16.6 Å². The Bertz CT molecular complexity index is 629. The molecule has 0 aliphatic rings. The van der Waals surface area contributed by atoms with Crippen molar-refractivity contribution in [3.63, 3.8) is 0 Å². The summed E-state index contributed by atoms with van der Waals surface area (Å²) in [5.41, 5.74) is 3.01. The van der Waals surface area contributed by atoms with Gasteiger partial charge < -0.3 is 10.4 Å². The monoisotopic (exact) mass is 334 g/mol. The number of carboxylic acids is 1. The van der Waals surface area contributed by atoms with Crippen LogP contribution in [0.1, 0.15) is 28.7 Å². The van der Waals surface area contributed by atoms with Gasteiger partial charge in [0, 0.05) is 10.2 Å². The maximum atomic E-state index is 10.9. The lowest BCUT2D eigenvalue weighted by molar-refractivity contribution is 0.0690. The summed E-state index contributed by atoms with van der Waals surface area (Å²) in [6.45, 7) is 2.59. The van der Waals surface area contributed by atoms with E-state index in [1.54, 1.807) is 6.07 Å². The number of hydrogen-bond donors (Lipinski definition) is 2. The zero-order chi connectivity index (χ0) is 14.5. The van der Waals surface area contributed by atoms with E-state index in [9.17, 15) is 4.79 Å². The number of aromatic carboxylic acids is 1. The van der Waals surface area contributed by atoms with E-state index in [4.69, 9.17) is 5.11 Å². The fourth-order valence-corrected chi connectivity index (χ4v) is 2.32. The van der Waals surface area contributed by atoms with Crippen molar-refractivity contribution in [3.05, 3.63) is 57.8 Å². The molecule has 0 bridgehead atoms. The van der Waals surface area contributed by atoms with E-state index in [-0.39, 0.29) is 5.69 Å². The summed E-state index contributed by atoms with van der Waals surface area (Å²) in [5.74, 6) is -1.01. The summed E-state index contributed by atoms with van der Waals surface area (Å²) >= 11 is 3.45. The molecule has 0 unspecified atom stereocenters. The minimum Gasteiger partial charge on any atom is -0.477 e. The van der Waals surface area contributed by atoms with Gasteiger partial charge >= 0.3 is 5.97 Å². The molecule has 4 nitrogen and oxygen atoms in total. The van der Waals surface area contributed by atoms with Gasteiger partial charge in [0.2, 0.25) is 0 Å². The van der Waals surface area contributed by atoms with Gasteiger partial charge in [0.15, 0.2) is 0 Å². The second kappa shape index (κ2) is 6.52. The van der Waals surface area contributed by atoms with Crippen molar-refractivity contribution in [3.8, 4) is 0 Å². The number of carbonyl (C=O) groups is 1. The van der Waals surface area contributed by atoms with Crippen LogP contribution in [0.3, 0.4) is 0 Å². The Kier molecular flexibility index (Phi) is 4.74. The van der Waals surface area contributed by atoms with Crippen molar-refractivity contribution in [1.29, 1.82) is 0 Å². The number of benzene rings is 1. The van der Waals surface area contributed by atoms with Crippen molar-refractivity contribution in [2.45, 2.75) is 19.9 Å². The molecule has 2 aromatic rings. The van der Waals surface area contributed by atoms with Gasteiger partial charge in [0.25, 0.3) is 0 Å². The van der Waals surface area contributed by atoms with Crippen molar-refractivity contribution in [1.82, 2.24) is 4.98 Å². The lowest BCUT2D eigenvalue weighted by Gasteiger charge is -2.11. The fraction of sp³-hybridized carbons (Fsp3) is 0.200. The summed E-state index contributed by atoms with van der Waals surface area (Å²) in [5, 5.41) is 12.2. The topological polar surface area (TPSA) is 62.2 Å². The minimum atomic E-state index is -1.01. The van der Waals surface area contributed by atoms with Gasteiger partial charge in [-0.3, -0.25) is 0 Å². The highest BCUT2D eigenvalue weighted by atomic mass is 79.9. The molecule has 0 saturated carbocycles. The third-order valence-electron chi connectivity index (χ3n) is 2.93. The summed E-state index contributed by atoms with van der Waals surface area (Å²) < 4.78 is 1.05. The summed E-state index contributed by atoms with van der Waals surface area (Å²) in [4.78, 5) is 15.0. The fourth-order valence-electron chi connectivity index (χ4n) is 1.91. The van der Waals surface area contributed by atoms with Gasteiger partial charge in [-0.2, -0.15) is 0 Å². The van der Waals surface area contributed by atoms with Crippen LogP contribution in [0.5, 0.6) is 0 Å². The number of carboxylic acid groups (broad SMARTS) is 1. The van der Waals surface area contributed by atoms with Gasteiger partial charge in [0.05, 0.1) is 12.2 Å². The van der Waals surface area contributed by atoms with Crippen LogP contribution >= 0.6 is 15.9 Å². The van der Waals surface area contributed by atoms with Gasteiger partial charge in [-0.05, 0) is 42.3 Å². The third-order valence-corrected chi connectivity index (χ3v) is 3.43. The van der Waals surface area contributed by atoms with E-state index < -0.39 is 5.97 Å². The number of halogens is 1. The number of anilines is 1. The lowest BCUT2D eigenvalue weighted by atomic mass is 10.1. The van der Waals surface area contributed by atoms with Crippen LogP contribution in [0, 0.1) is 0 Å². The molecule has 1 aromatic carbocycles. The average Bonchev–Trinajstić information content (AvgIpc) is 2.46. The number of aryl methyl sites for hydroxylation is 1. The zero-order valence-electron chi connectivity index (χ0n) is 11.1. The van der Waals surface area contributed by atoms with Crippen LogP contribution in [-0.4, -0.2) is 16.1 Å². The normalized spacial score (nSPS) is 10.3. The van der Waals surface area contributed by atoms with E-state index >= 15 is 0 Å². The first-order valence-corrected chi connectivity index (χ1v) is 7.11. The standard InChI is InChI=1S/C15H15BrN2O2/c1-2-10-8-11(16)6-7-13(10)17-9-12-4-3-5-14(18-12)15(19)20/h3-8,17H,2,9H2,1H3,(H,19,20). The lowest BCUT2D eigenvalue weighted by Crippen LogP contribution is -2.07. The molecule has 0 aliphatic heterocycles. The van der Waals surface area contributed by atoms with Crippen molar-refractivity contribution >= 4 is 27.6 Å². The van der Waals surface area contributed by atoms with Gasteiger partial charge in [-0.1, -0.05) is 28.9 Å². The number of hydrogen-bond acceptors (Lipinski definition) is 3. The van der Waals surface area contributed by atoms with E-state index in [2.05, 4.69) is 39.2 Å². The first-order valence-electron chi connectivity index (χ1n) is 6.31. The minimum absolute atomic E-state index is 0.0656. The second-order valence-corrected chi connectivity index (χ2v) is 5.24. The van der Waals surface area contributed by atoms with Crippen LogP contribution in [0.2, 0.25) is 0 Å². The predicted octanol–water partition coefficient (Wildman–Crippen LogP) is 3.72. The molecule has 0 spiro atoms. The van der Waals surface area contributed by atoms with Gasteiger partial charge in [-0.15, -0.1) is 0 Å². The Balaban J connectivity index is 2.12. The predicted molar refractivity (Wildman–Crippen MR) is 82.0 cm³/mol. The van der Waals surface area contributed by atoms with Crippen molar-refractivity contribution in [2.75, 3.05) is 5.32 Å². The second-order valence-electron chi connectivity index (χ2n) is 4.33. The number of pyridine rings is 1. The molecule has 5 heteroatoms. The molecular weight excluding hydrogens is 320 g/mol. The number of nitrogens with one attached hydrogen (secondary N) is 1. The zero-order valence-corrected chi connectivity index (χ0v) is 12.6. The largest absolute Gasteiger partial charge is 0.477 e. The van der Waals surface area contributed by atoms with Crippen molar-refractivity contribution < 1.29 is 9.90 Å². The van der Waals surface area contributed by atoms with Gasteiger partial charge in [-0.25, -0.2) is 9.78 Å². The quantitative estimate of drug-likeness (QED) is 0.874. The van der Waals surface area contributed by atoms with E-state index in [1.807, 2.05) is 18.2 Å². The Hall–Kier alpha value is -1.88. The molecule has 0 aliphatic carbocycles. The Labute approximate surface area is 126 Å². The first kappa shape index (κ1) is 14.5. The molecule has 0 atom stereocenters. The van der Waals surface area contributed by atoms with Crippen LogP contribution in [0.15, 0.2) is 40.9 Å². The molecule has 0 fully saturated rings. The SMILES string of the molecule is CCc1cc(Br)ccc1NCc1cccc(C(=O)O)n1. The number of rotatable bonds is 5. The molecule has 1 aromatic heterocycles. The number of aromatic nitrogens is 1. The smallest absolute Gasteiger partial charge is 0.354 e. The summed E-state index contributed by atoms with van der Waals surface area (Å²) in [6, 6.07) is 11.1. The molecule has 0 radical (unpaired) electrons. The first-order chi connectivity index (χ1) is 9.60. The van der Waals surface area contributed by atoms with Crippen LogP contribution in [0.4, 0.5) is 5.69 Å². The van der Waals surface area contributed by atoms with Crippen molar-refractivity contribution in [2.24, 2.45) is 0 Å². The highest BCUT2D eigenvalue weighted by Crippen LogP contribution is 2.22.